The van der Waals surface area contributed by atoms with Crippen LogP contribution in [0.15, 0.2) is 85.5 Å². The van der Waals surface area contributed by atoms with Crippen molar-refractivity contribution >= 4 is 35.1 Å². The smallest absolute Gasteiger partial charge is 0.411 e. The van der Waals surface area contributed by atoms with Crippen molar-refractivity contribution in [1.82, 2.24) is 0 Å². The number of esters is 1. The third kappa shape index (κ3) is 11.9. The van der Waals surface area contributed by atoms with Crippen molar-refractivity contribution in [2.75, 3.05) is 23.8 Å². The van der Waals surface area contributed by atoms with Gasteiger partial charge in [0, 0.05) is 53.4 Å². The minimum atomic E-state index is -0.574. The number of ketones is 1. The zero-order valence-electron chi connectivity index (χ0n) is 30.7. The average molecular weight is 695 g/mol. The van der Waals surface area contributed by atoms with Crippen molar-refractivity contribution < 1.29 is 37.8 Å². The highest BCUT2D eigenvalue weighted by Gasteiger charge is 2.22. The number of hydrogen-bond donors (Lipinski definition) is 2. The summed E-state index contributed by atoms with van der Waals surface area (Å²) in [5.74, 6) is -0.386. The van der Waals surface area contributed by atoms with Gasteiger partial charge >= 0.3 is 12.1 Å². The highest BCUT2D eigenvalue weighted by atomic mass is 16.5. The number of aromatic nitrogens is 2. The molecule has 2 N–H and O–H groups in total. The molecule has 0 atom stereocenters. The number of pyridine rings is 2. The summed E-state index contributed by atoms with van der Waals surface area (Å²) in [6, 6.07) is 19.1. The average Bonchev–Trinajstić information content (AvgIpc) is 3.08. The maximum atomic E-state index is 12.5. The molecule has 0 aliphatic carbocycles. The Hall–Kier alpha value is -5.38. The van der Waals surface area contributed by atoms with E-state index in [-0.39, 0.29) is 43.2 Å². The number of rotatable bonds is 14. The van der Waals surface area contributed by atoms with Gasteiger partial charge in [0.15, 0.2) is 51.1 Å². The molecule has 4 rings (SSSR count). The number of nitrogens with zero attached hydrogens (tertiary/aromatic N) is 2. The summed E-state index contributed by atoms with van der Waals surface area (Å²) in [6.07, 6.45) is 7.69. The van der Waals surface area contributed by atoms with Crippen LogP contribution >= 0.6 is 0 Å². The van der Waals surface area contributed by atoms with E-state index in [9.17, 15) is 19.2 Å². The molecule has 0 spiro atoms. The third-order valence-corrected chi connectivity index (χ3v) is 8.53. The van der Waals surface area contributed by atoms with Crippen molar-refractivity contribution in [3.63, 3.8) is 0 Å². The van der Waals surface area contributed by atoms with Crippen LogP contribution in [0.3, 0.4) is 0 Å². The monoisotopic (exact) mass is 694 g/mol. The van der Waals surface area contributed by atoms with Gasteiger partial charge < -0.3 is 14.8 Å². The zero-order valence-corrected chi connectivity index (χ0v) is 30.7. The Kier molecular flexibility index (Phi) is 13.2. The van der Waals surface area contributed by atoms with E-state index >= 15 is 0 Å². The van der Waals surface area contributed by atoms with E-state index in [1.165, 1.54) is 0 Å². The van der Waals surface area contributed by atoms with E-state index in [0.29, 0.717) is 30.9 Å². The lowest BCUT2D eigenvalue weighted by Crippen LogP contribution is -2.36. The fourth-order valence-corrected chi connectivity index (χ4v) is 5.05. The Balaban J connectivity index is 1.19. The van der Waals surface area contributed by atoms with Crippen molar-refractivity contribution in [3.8, 4) is 11.1 Å². The van der Waals surface area contributed by atoms with Crippen LogP contribution in [0.2, 0.25) is 0 Å². The number of aryl methyl sites for hydroxylation is 2. The number of nitrogens with one attached hydrogen (secondary N) is 2. The first kappa shape index (κ1) is 38.4. The molecule has 0 aliphatic heterocycles. The number of Topliss-reactive ketones (excluding diaryl/α,β-unsaturated/α-hetero) is 1. The number of benzene rings is 2. The summed E-state index contributed by atoms with van der Waals surface area (Å²) in [5.41, 5.74) is 6.55. The van der Waals surface area contributed by atoms with Gasteiger partial charge in [-0.1, -0.05) is 58.9 Å². The van der Waals surface area contributed by atoms with E-state index in [2.05, 4.69) is 10.6 Å². The Bertz CT molecular complexity index is 1840. The van der Waals surface area contributed by atoms with Gasteiger partial charge in [-0.3, -0.25) is 19.7 Å². The number of anilines is 2. The van der Waals surface area contributed by atoms with Gasteiger partial charge in [-0.25, -0.2) is 13.9 Å². The molecule has 0 saturated heterocycles. The molecule has 2 aromatic heterocycles. The van der Waals surface area contributed by atoms with E-state index in [1.54, 1.807) is 12.1 Å². The first-order chi connectivity index (χ1) is 24.2. The van der Waals surface area contributed by atoms with Crippen LogP contribution in [-0.2, 0) is 49.8 Å². The molecular weight excluding hydrogens is 644 g/mol. The predicted octanol–water partition coefficient (Wildman–Crippen LogP) is 6.33. The Morgan fingerprint density at radius 2 is 1.27 bits per heavy atom. The molecule has 268 valence electrons. The number of ether oxygens (including phenoxy) is 2. The van der Waals surface area contributed by atoms with Gasteiger partial charge in [0.1, 0.15) is 5.78 Å². The second-order valence-corrected chi connectivity index (χ2v) is 14.1. The normalized spacial score (nSPS) is 11.2. The number of amides is 2. The number of carbonyl (C=O) groups excluding carboxylic acids is 4. The fraction of sp³-hybridized carbons (Fsp3) is 0.366. The fourth-order valence-electron chi connectivity index (χ4n) is 5.05. The Labute approximate surface area is 300 Å². The summed E-state index contributed by atoms with van der Waals surface area (Å²) in [4.78, 5) is 49.6. The molecule has 2 heterocycles. The Morgan fingerprint density at radius 3 is 1.84 bits per heavy atom. The van der Waals surface area contributed by atoms with Crippen LogP contribution in [0, 0.1) is 25.2 Å². The third-order valence-electron chi connectivity index (χ3n) is 8.53. The lowest BCUT2D eigenvalue weighted by Gasteiger charge is -2.17. The van der Waals surface area contributed by atoms with Crippen molar-refractivity contribution in [2.45, 2.75) is 74.4 Å². The highest BCUT2D eigenvalue weighted by molar-refractivity contribution is 5.94. The molecule has 0 fully saturated rings. The number of carbonyl (C=O) groups is 4. The van der Waals surface area contributed by atoms with Crippen molar-refractivity contribution in [1.29, 1.82) is 0 Å². The molecule has 4 aromatic rings. The maximum Gasteiger partial charge on any atom is 0.411 e. The van der Waals surface area contributed by atoms with Crippen molar-refractivity contribution in [2.24, 2.45) is 11.3 Å². The second-order valence-electron chi connectivity index (χ2n) is 14.1. The van der Waals surface area contributed by atoms with Gasteiger partial charge in [-0.05, 0) is 59.4 Å². The SMILES string of the molecule is Cc1ccc(CC(=O)OCC[n+]2ccc(-c3cc[n+](CCOC(=O)Nc4ccc(C)c(NC(=O)C(C)C)c4)cc3)cc2)cc1CC(=O)C(C)(C)C. The van der Waals surface area contributed by atoms with Gasteiger partial charge in [-0.15, -0.1) is 0 Å². The van der Waals surface area contributed by atoms with Gasteiger partial charge in [0.25, 0.3) is 0 Å². The van der Waals surface area contributed by atoms with Gasteiger partial charge in [0.05, 0.1) is 6.42 Å². The van der Waals surface area contributed by atoms with Crippen LogP contribution in [0.5, 0.6) is 0 Å². The summed E-state index contributed by atoms with van der Waals surface area (Å²) in [5, 5.41) is 5.59. The first-order valence-corrected chi connectivity index (χ1v) is 17.3. The summed E-state index contributed by atoms with van der Waals surface area (Å²) in [6.45, 7) is 14.7. The minimum absolute atomic E-state index is 0.0929. The molecule has 51 heavy (non-hydrogen) atoms. The molecule has 0 unspecified atom stereocenters. The molecule has 0 radical (unpaired) electrons. The molecular formula is C41H50N4O6+2. The summed E-state index contributed by atoms with van der Waals surface area (Å²) in [7, 11) is 0. The van der Waals surface area contributed by atoms with Crippen LogP contribution in [0.4, 0.5) is 16.2 Å². The first-order valence-electron chi connectivity index (χ1n) is 17.3. The van der Waals surface area contributed by atoms with E-state index in [4.69, 9.17) is 9.47 Å². The standard InChI is InChI=1S/C41H48N4O6/c1-28(2)39(48)43-36-27-35(11-9-30(36)4)42-40(49)51-23-21-45-18-14-33(15-19-45)32-12-16-44(17-13-32)20-22-50-38(47)25-31-10-8-29(3)34(24-31)26-37(46)41(5,6)7/h8-19,24,27-28H,20-23,25-26H2,1-7H3/p+2. The van der Waals surface area contributed by atoms with Gasteiger partial charge in [0.2, 0.25) is 5.91 Å². The van der Waals surface area contributed by atoms with E-state index in [1.807, 2.05) is 131 Å². The second kappa shape index (κ2) is 17.5. The van der Waals surface area contributed by atoms with E-state index in [0.717, 1.165) is 33.4 Å². The zero-order chi connectivity index (χ0) is 37.1. The maximum absolute atomic E-state index is 12.5. The minimum Gasteiger partial charge on any atom is -0.459 e. The summed E-state index contributed by atoms with van der Waals surface area (Å²) >= 11 is 0. The molecule has 2 aromatic carbocycles. The number of hydrogen-bond acceptors (Lipinski definition) is 6. The van der Waals surface area contributed by atoms with Crippen LogP contribution in [0.1, 0.15) is 56.9 Å². The largest absolute Gasteiger partial charge is 0.459 e. The molecule has 10 nitrogen and oxygen atoms in total. The molecule has 0 aliphatic rings. The van der Waals surface area contributed by atoms with Gasteiger partial charge in [-0.2, -0.15) is 0 Å². The van der Waals surface area contributed by atoms with Crippen LogP contribution < -0.4 is 19.8 Å². The molecule has 0 saturated carbocycles. The van der Waals surface area contributed by atoms with Crippen LogP contribution in [0.25, 0.3) is 11.1 Å². The summed E-state index contributed by atoms with van der Waals surface area (Å²) < 4.78 is 14.8. The Morgan fingerprint density at radius 1 is 0.706 bits per heavy atom. The quantitative estimate of drug-likeness (QED) is 0.118. The van der Waals surface area contributed by atoms with E-state index < -0.39 is 11.5 Å². The van der Waals surface area contributed by atoms with Crippen LogP contribution in [-0.4, -0.2) is 37.0 Å². The van der Waals surface area contributed by atoms with Crippen molar-refractivity contribution in [3.05, 3.63) is 108 Å². The molecule has 0 bridgehead atoms. The highest BCUT2D eigenvalue weighted by Crippen LogP contribution is 2.22. The molecule has 10 heteroatoms. The lowest BCUT2D eigenvalue weighted by atomic mass is 9.86. The topological polar surface area (TPSA) is 119 Å². The molecule has 2 amide bonds. The predicted molar refractivity (Wildman–Crippen MR) is 196 cm³/mol. The lowest BCUT2D eigenvalue weighted by molar-refractivity contribution is -0.698.